The molecular weight excluding hydrogens is 240 g/mol. The van der Waals surface area contributed by atoms with Crippen molar-refractivity contribution in [2.24, 2.45) is 11.3 Å². The predicted octanol–water partition coefficient (Wildman–Crippen LogP) is 3.81. The highest BCUT2D eigenvalue weighted by atomic mass is 16.5. The van der Waals surface area contributed by atoms with Gasteiger partial charge in [-0.1, -0.05) is 50.5 Å². The zero-order valence-electron chi connectivity index (χ0n) is 12.3. The molecule has 0 spiro atoms. The molecule has 1 rings (SSSR count). The molecule has 0 amide bonds. The molecule has 0 aromatic carbocycles. The lowest BCUT2D eigenvalue weighted by Gasteiger charge is -2.38. The number of methoxy groups -OCH3 is 1. The van der Waals surface area contributed by atoms with E-state index in [1.807, 2.05) is 12.2 Å². The number of allylic oxidation sites excluding steroid dienone is 2. The fourth-order valence-electron chi connectivity index (χ4n) is 3.06. The van der Waals surface area contributed by atoms with Gasteiger partial charge in [-0.2, -0.15) is 0 Å². The lowest BCUT2D eigenvalue weighted by atomic mass is 9.65. The van der Waals surface area contributed by atoms with Gasteiger partial charge >= 0.3 is 5.97 Å². The molecule has 108 valence electrons. The van der Waals surface area contributed by atoms with E-state index in [-0.39, 0.29) is 5.92 Å². The maximum Gasteiger partial charge on any atom is 0.314 e. The van der Waals surface area contributed by atoms with Crippen LogP contribution in [0.2, 0.25) is 0 Å². The van der Waals surface area contributed by atoms with Crippen molar-refractivity contribution in [3.63, 3.8) is 0 Å². The number of unbranched alkanes of at least 4 members (excludes halogenated alkanes) is 1. The summed E-state index contributed by atoms with van der Waals surface area (Å²) in [5.41, 5.74) is 0.494. The summed E-state index contributed by atoms with van der Waals surface area (Å²) < 4.78 is 5.13. The minimum atomic E-state index is -0.720. The van der Waals surface area contributed by atoms with Crippen LogP contribution in [-0.4, -0.2) is 24.8 Å². The molecule has 0 aromatic rings. The smallest absolute Gasteiger partial charge is 0.314 e. The fourth-order valence-corrected chi connectivity index (χ4v) is 3.06. The highest BCUT2D eigenvalue weighted by molar-refractivity contribution is 5.78. The summed E-state index contributed by atoms with van der Waals surface area (Å²) in [6, 6.07) is 0. The largest absolute Gasteiger partial charge is 0.481 e. The number of ether oxygens (including phenoxy) is 1. The van der Waals surface area contributed by atoms with Crippen LogP contribution in [0, 0.1) is 11.3 Å². The number of carboxylic acid groups (broad SMARTS) is 1. The van der Waals surface area contributed by atoms with E-state index in [0.29, 0.717) is 6.61 Å². The maximum absolute atomic E-state index is 11.9. The van der Waals surface area contributed by atoms with E-state index in [0.717, 1.165) is 32.1 Å². The van der Waals surface area contributed by atoms with Crippen molar-refractivity contribution in [2.45, 2.75) is 46.0 Å². The lowest BCUT2D eigenvalue weighted by molar-refractivity contribution is -0.149. The Morgan fingerprint density at radius 2 is 2.21 bits per heavy atom. The third-order valence-corrected chi connectivity index (χ3v) is 4.12. The van der Waals surface area contributed by atoms with Crippen molar-refractivity contribution in [1.82, 2.24) is 0 Å². The van der Waals surface area contributed by atoms with Crippen molar-refractivity contribution < 1.29 is 14.6 Å². The molecule has 3 heteroatoms. The first kappa shape index (κ1) is 16.0. The van der Waals surface area contributed by atoms with E-state index in [4.69, 9.17) is 4.74 Å². The number of aliphatic carboxylic acids is 1. The van der Waals surface area contributed by atoms with Crippen molar-refractivity contribution >= 4 is 5.97 Å². The minimum absolute atomic E-state index is 0.0942. The standard InChI is InChI=1S/C16H26O3/c1-4-6-10-16(15(17)18)11-7-8-13(9-12-19-3)14(16)5-2/h7-8,11,14H,4-6,9-10,12H2,1-3H3,(H,17,18). The summed E-state index contributed by atoms with van der Waals surface area (Å²) in [6.07, 6.45) is 10.3. The Morgan fingerprint density at radius 1 is 1.47 bits per heavy atom. The Hall–Kier alpha value is -1.09. The molecule has 0 aliphatic heterocycles. The lowest BCUT2D eigenvalue weighted by Crippen LogP contribution is -2.39. The van der Waals surface area contributed by atoms with Crippen LogP contribution in [0.15, 0.2) is 23.8 Å². The van der Waals surface area contributed by atoms with Gasteiger partial charge in [0.05, 0.1) is 5.41 Å². The third kappa shape index (κ3) is 3.47. The second-order valence-corrected chi connectivity index (χ2v) is 5.25. The van der Waals surface area contributed by atoms with Gasteiger partial charge in [0.2, 0.25) is 0 Å². The maximum atomic E-state index is 11.9. The third-order valence-electron chi connectivity index (χ3n) is 4.12. The highest BCUT2D eigenvalue weighted by Crippen LogP contribution is 2.45. The van der Waals surface area contributed by atoms with Gasteiger partial charge in [-0.05, 0) is 25.2 Å². The van der Waals surface area contributed by atoms with Gasteiger partial charge in [-0.3, -0.25) is 4.79 Å². The molecule has 0 radical (unpaired) electrons. The van der Waals surface area contributed by atoms with E-state index in [2.05, 4.69) is 19.9 Å². The van der Waals surface area contributed by atoms with Crippen LogP contribution in [0.4, 0.5) is 0 Å². The van der Waals surface area contributed by atoms with E-state index in [9.17, 15) is 9.90 Å². The van der Waals surface area contributed by atoms with Gasteiger partial charge in [-0.15, -0.1) is 0 Å². The summed E-state index contributed by atoms with van der Waals surface area (Å²) in [5, 5.41) is 9.75. The Kier molecular flexibility index (Phi) is 6.29. The first-order chi connectivity index (χ1) is 9.12. The molecule has 1 aliphatic carbocycles. The van der Waals surface area contributed by atoms with Crippen molar-refractivity contribution in [3.05, 3.63) is 23.8 Å². The molecule has 0 bridgehead atoms. The van der Waals surface area contributed by atoms with Crippen LogP contribution in [0.5, 0.6) is 0 Å². The SMILES string of the molecule is CCCCC1(C(=O)O)C=CC=C(CCOC)C1CC. The zero-order chi connectivity index (χ0) is 14.3. The minimum Gasteiger partial charge on any atom is -0.481 e. The normalized spacial score (nSPS) is 26.3. The first-order valence-corrected chi connectivity index (χ1v) is 7.23. The van der Waals surface area contributed by atoms with Gasteiger partial charge in [-0.25, -0.2) is 0 Å². The van der Waals surface area contributed by atoms with Gasteiger partial charge < -0.3 is 9.84 Å². The number of hydrogen-bond donors (Lipinski definition) is 1. The molecular formula is C16H26O3. The van der Waals surface area contributed by atoms with Crippen LogP contribution in [0.25, 0.3) is 0 Å². The molecule has 1 N–H and O–H groups in total. The molecule has 0 saturated carbocycles. The number of hydrogen-bond acceptors (Lipinski definition) is 2. The van der Waals surface area contributed by atoms with Crippen LogP contribution >= 0.6 is 0 Å². The number of carbonyl (C=O) groups is 1. The van der Waals surface area contributed by atoms with Gasteiger partial charge in [0.15, 0.2) is 0 Å². The molecule has 0 fully saturated rings. The summed E-state index contributed by atoms with van der Waals surface area (Å²) in [5.74, 6) is -0.594. The Labute approximate surface area is 116 Å². The second kappa shape index (κ2) is 7.49. The fraction of sp³-hybridized carbons (Fsp3) is 0.688. The molecule has 2 unspecified atom stereocenters. The topological polar surface area (TPSA) is 46.5 Å². The zero-order valence-corrected chi connectivity index (χ0v) is 12.3. The summed E-state index contributed by atoms with van der Waals surface area (Å²) in [7, 11) is 1.68. The van der Waals surface area contributed by atoms with Crippen LogP contribution in [0.1, 0.15) is 46.0 Å². The quantitative estimate of drug-likeness (QED) is 0.726. The average Bonchev–Trinajstić information content (AvgIpc) is 2.42. The van der Waals surface area contributed by atoms with Gasteiger partial charge in [0.1, 0.15) is 0 Å². The summed E-state index contributed by atoms with van der Waals surface area (Å²) in [4.78, 5) is 11.9. The average molecular weight is 266 g/mol. The molecule has 1 aliphatic rings. The monoisotopic (exact) mass is 266 g/mol. The van der Waals surface area contributed by atoms with Gasteiger partial charge in [0, 0.05) is 13.7 Å². The Bertz CT molecular complexity index is 357. The van der Waals surface area contributed by atoms with E-state index in [1.165, 1.54) is 5.57 Å². The summed E-state index contributed by atoms with van der Waals surface area (Å²) >= 11 is 0. The van der Waals surface area contributed by atoms with Crippen molar-refractivity contribution in [2.75, 3.05) is 13.7 Å². The molecule has 0 aromatic heterocycles. The van der Waals surface area contributed by atoms with Crippen molar-refractivity contribution in [1.29, 1.82) is 0 Å². The second-order valence-electron chi connectivity index (χ2n) is 5.25. The Balaban J connectivity index is 3.00. The van der Waals surface area contributed by atoms with Gasteiger partial charge in [0.25, 0.3) is 0 Å². The molecule has 0 saturated heterocycles. The molecule has 0 heterocycles. The van der Waals surface area contributed by atoms with Crippen LogP contribution in [-0.2, 0) is 9.53 Å². The summed E-state index contributed by atoms with van der Waals surface area (Å²) in [6.45, 7) is 4.83. The van der Waals surface area contributed by atoms with Crippen LogP contribution < -0.4 is 0 Å². The van der Waals surface area contributed by atoms with Crippen molar-refractivity contribution in [3.8, 4) is 0 Å². The van der Waals surface area contributed by atoms with E-state index < -0.39 is 11.4 Å². The Morgan fingerprint density at radius 3 is 2.74 bits per heavy atom. The van der Waals surface area contributed by atoms with E-state index in [1.54, 1.807) is 7.11 Å². The molecule has 3 nitrogen and oxygen atoms in total. The predicted molar refractivity (Wildman–Crippen MR) is 77.1 cm³/mol. The first-order valence-electron chi connectivity index (χ1n) is 7.23. The number of rotatable bonds is 8. The highest BCUT2D eigenvalue weighted by Gasteiger charge is 2.44. The molecule has 2 atom stereocenters. The van der Waals surface area contributed by atoms with Crippen LogP contribution in [0.3, 0.4) is 0 Å². The van der Waals surface area contributed by atoms with E-state index >= 15 is 0 Å². The number of carboxylic acids is 1. The molecule has 19 heavy (non-hydrogen) atoms.